The Hall–Kier alpha value is -3.08. The monoisotopic (exact) mass is 497 g/mol. The molecular weight excluding hydrogens is 466 g/mol. The average Bonchev–Trinajstić information content (AvgIpc) is 3.40. The minimum atomic E-state index is -3.65. The smallest absolute Gasteiger partial charge is 0.253 e. The molecule has 4 rings (SSSR count). The number of sulfonamides is 1. The van der Waals surface area contributed by atoms with Crippen LogP contribution >= 0.6 is 0 Å². The number of amides is 1. The van der Waals surface area contributed by atoms with Crippen LogP contribution in [0, 0.1) is 0 Å². The van der Waals surface area contributed by atoms with Gasteiger partial charge in [0.15, 0.2) is 0 Å². The van der Waals surface area contributed by atoms with Gasteiger partial charge < -0.3 is 9.42 Å². The van der Waals surface area contributed by atoms with Gasteiger partial charge in [0.25, 0.3) is 5.91 Å². The van der Waals surface area contributed by atoms with E-state index in [1.165, 1.54) is 16.4 Å². The lowest BCUT2D eigenvalue weighted by molar-refractivity contribution is 0.0773. The Kier molecular flexibility index (Phi) is 7.63. The van der Waals surface area contributed by atoms with E-state index in [9.17, 15) is 13.2 Å². The highest BCUT2D eigenvalue weighted by molar-refractivity contribution is 7.89. The summed E-state index contributed by atoms with van der Waals surface area (Å²) in [6.45, 7) is 8.83. The topological polar surface area (TPSA) is 99.9 Å². The molecule has 2 heterocycles. The molecule has 0 bridgehead atoms. The highest BCUT2D eigenvalue weighted by atomic mass is 32.2. The molecule has 1 unspecified atom stereocenters. The second-order valence-electron chi connectivity index (χ2n) is 8.44. The van der Waals surface area contributed by atoms with Crippen LogP contribution in [0.2, 0.25) is 0 Å². The zero-order valence-electron chi connectivity index (χ0n) is 20.3. The second-order valence-corrected chi connectivity index (χ2v) is 10.4. The molecule has 0 N–H and O–H groups in total. The lowest BCUT2D eigenvalue weighted by atomic mass is 10.2. The van der Waals surface area contributed by atoms with Crippen LogP contribution in [0.25, 0.3) is 11.4 Å². The normalized spacial score (nSPS) is 16.2. The molecule has 0 spiro atoms. The lowest BCUT2D eigenvalue weighted by Gasteiger charge is -2.36. The molecule has 10 heteroatoms. The number of piperazine rings is 1. The highest BCUT2D eigenvalue weighted by Crippen LogP contribution is 2.25. The van der Waals surface area contributed by atoms with E-state index in [1.807, 2.05) is 51.1 Å². The number of nitrogens with zero attached hydrogens (tertiary/aromatic N) is 5. The predicted molar refractivity (Wildman–Crippen MR) is 132 cm³/mol. The van der Waals surface area contributed by atoms with Crippen molar-refractivity contribution in [1.82, 2.24) is 24.2 Å². The number of hydrogen-bond donors (Lipinski definition) is 0. The molecule has 186 valence electrons. The van der Waals surface area contributed by atoms with Gasteiger partial charge in [0.05, 0.1) is 10.9 Å². The van der Waals surface area contributed by atoms with Gasteiger partial charge in [-0.3, -0.25) is 9.69 Å². The second kappa shape index (κ2) is 10.7. The van der Waals surface area contributed by atoms with E-state index >= 15 is 0 Å². The van der Waals surface area contributed by atoms with Crippen LogP contribution in [0.1, 0.15) is 43.1 Å². The van der Waals surface area contributed by atoms with E-state index in [-0.39, 0.29) is 16.8 Å². The molecule has 0 saturated carbocycles. The predicted octanol–water partition coefficient (Wildman–Crippen LogP) is 3.29. The van der Waals surface area contributed by atoms with E-state index in [0.29, 0.717) is 56.5 Å². The summed E-state index contributed by atoms with van der Waals surface area (Å²) in [5, 5.41) is 4.09. The van der Waals surface area contributed by atoms with Gasteiger partial charge in [-0.05, 0) is 45.0 Å². The van der Waals surface area contributed by atoms with Gasteiger partial charge in [-0.15, -0.1) is 0 Å². The molecule has 1 aromatic heterocycles. The maximum absolute atomic E-state index is 13.2. The van der Waals surface area contributed by atoms with Crippen molar-refractivity contribution in [3.63, 3.8) is 0 Å². The zero-order valence-corrected chi connectivity index (χ0v) is 21.1. The molecule has 1 aliphatic heterocycles. The van der Waals surface area contributed by atoms with Crippen molar-refractivity contribution in [2.75, 3.05) is 39.3 Å². The van der Waals surface area contributed by atoms with E-state index in [1.54, 1.807) is 17.0 Å². The summed E-state index contributed by atoms with van der Waals surface area (Å²) in [7, 11) is -3.65. The summed E-state index contributed by atoms with van der Waals surface area (Å²) in [5.74, 6) is 0.947. The average molecular weight is 498 g/mol. The first-order valence-electron chi connectivity index (χ1n) is 11.9. The molecule has 0 radical (unpaired) electrons. The number of carbonyl (C=O) groups is 1. The Morgan fingerprint density at radius 3 is 2.23 bits per heavy atom. The van der Waals surface area contributed by atoms with Gasteiger partial charge in [0.2, 0.25) is 21.7 Å². The van der Waals surface area contributed by atoms with Gasteiger partial charge >= 0.3 is 0 Å². The minimum absolute atomic E-state index is 0.0991. The van der Waals surface area contributed by atoms with Crippen LogP contribution in [-0.4, -0.2) is 77.8 Å². The van der Waals surface area contributed by atoms with Crippen molar-refractivity contribution < 1.29 is 17.7 Å². The van der Waals surface area contributed by atoms with Crippen molar-refractivity contribution >= 4 is 15.9 Å². The fourth-order valence-corrected chi connectivity index (χ4v) is 5.63. The molecule has 2 aromatic carbocycles. The molecule has 35 heavy (non-hydrogen) atoms. The first-order valence-corrected chi connectivity index (χ1v) is 13.3. The summed E-state index contributed by atoms with van der Waals surface area (Å²) in [5.41, 5.74) is 1.37. The molecule has 0 aliphatic carbocycles. The third-order valence-corrected chi connectivity index (χ3v) is 8.35. The Morgan fingerprint density at radius 1 is 1.00 bits per heavy atom. The highest BCUT2D eigenvalue weighted by Gasteiger charge is 2.32. The van der Waals surface area contributed by atoms with Crippen molar-refractivity contribution in [3.8, 4) is 11.4 Å². The van der Waals surface area contributed by atoms with E-state index < -0.39 is 10.0 Å². The first-order chi connectivity index (χ1) is 16.8. The molecule has 1 atom stereocenters. The van der Waals surface area contributed by atoms with Crippen LogP contribution in [0.4, 0.5) is 0 Å². The number of rotatable bonds is 8. The Balaban J connectivity index is 1.39. The molecule has 1 amide bonds. The van der Waals surface area contributed by atoms with Crippen LogP contribution in [0.3, 0.4) is 0 Å². The number of benzene rings is 2. The van der Waals surface area contributed by atoms with Gasteiger partial charge in [0, 0.05) is 50.4 Å². The van der Waals surface area contributed by atoms with Gasteiger partial charge in [0.1, 0.15) is 0 Å². The van der Waals surface area contributed by atoms with E-state index in [0.717, 1.165) is 5.56 Å². The summed E-state index contributed by atoms with van der Waals surface area (Å²) in [4.78, 5) is 21.1. The van der Waals surface area contributed by atoms with Crippen LogP contribution < -0.4 is 0 Å². The van der Waals surface area contributed by atoms with Crippen LogP contribution in [0.15, 0.2) is 64.0 Å². The molecule has 3 aromatic rings. The fraction of sp³-hybridized carbons (Fsp3) is 0.400. The SMILES string of the molecule is CCN(CC)C(=O)c1ccc(S(=O)(=O)N2CCN(C(C)c3nc(-c4ccccc4)no3)CC2)cc1. The summed E-state index contributed by atoms with van der Waals surface area (Å²) in [6, 6.07) is 15.7. The largest absolute Gasteiger partial charge is 0.339 e. The van der Waals surface area contributed by atoms with Crippen molar-refractivity contribution in [2.45, 2.75) is 31.7 Å². The lowest BCUT2D eigenvalue weighted by Crippen LogP contribution is -2.49. The first kappa shape index (κ1) is 25.0. The Labute approximate surface area is 206 Å². The number of aromatic nitrogens is 2. The van der Waals surface area contributed by atoms with E-state index in [4.69, 9.17) is 4.52 Å². The van der Waals surface area contributed by atoms with Gasteiger partial charge in [-0.1, -0.05) is 35.5 Å². The van der Waals surface area contributed by atoms with E-state index in [2.05, 4.69) is 15.0 Å². The summed E-state index contributed by atoms with van der Waals surface area (Å²) < 4.78 is 33.4. The molecular formula is C25H31N5O4S. The maximum atomic E-state index is 13.2. The molecule has 9 nitrogen and oxygen atoms in total. The van der Waals surface area contributed by atoms with Crippen molar-refractivity contribution in [3.05, 3.63) is 66.1 Å². The molecule has 1 saturated heterocycles. The minimum Gasteiger partial charge on any atom is -0.339 e. The quantitative estimate of drug-likeness (QED) is 0.471. The number of carbonyl (C=O) groups excluding carboxylic acids is 1. The molecule has 1 aliphatic rings. The maximum Gasteiger partial charge on any atom is 0.253 e. The van der Waals surface area contributed by atoms with Crippen molar-refractivity contribution in [1.29, 1.82) is 0 Å². The fourth-order valence-electron chi connectivity index (χ4n) is 4.21. The van der Waals surface area contributed by atoms with Crippen molar-refractivity contribution in [2.24, 2.45) is 0 Å². The zero-order chi connectivity index (χ0) is 25.0. The van der Waals surface area contributed by atoms with Gasteiger partial charge in [-0.2, -0.15) is 9.29 Å². The van der Waals surface area contributed by atoms with Crippen LogP contribution in [0.5, 0.6) is 0 Å². The Bertz CT molecular complexity index is 1230. The summed E-state index contributed by atoms with van der Waals surface area (Å²) in [6.07, 6.45) is 0. The number of hydrogen-bond acceptors (Lipinski definition) is 7. The van der Waals surface area contributed by atoms with Gasteiger partial charge in [-0.25, -0.2) is 8.42 Å². The van der Waals surface area contributed by atoms with Crippen LogP contribution in [-0.2, 0) is 10.0 Å². The summed E-state index contributed by atoms with van der Waals surface area (Å²) >= 11 is 0. The third kappa shape index (κ3) is 5.29. The standard InChI is InChI=1S/C25H31N5O4S/c1-4-28(5-2)25(31)21-11-13-22(14-12-21)35(32,33)30-17-15-29(16-18-30)19(3)24-26-23(27-34-24)20-9-7-6-8-10-20/h6-14,19H,4-5,15-18H2,1-3H3. The Morgan fingerprint density at radius 2 is 1.63 bits per heavy atom. The molecule has 1 fully saturated rings. The third-order valence-electron chi connectivity index (χ3n) is 6.44.